The van der Waals surface area contributed by atoms with E-state index in [1.807, 2.05) is 61.9 Å². The molecule has 0 spiro atoms. The molecule has 1 saturated heterocycles. The van der Waals surface area contributed by atoms with Crippen molar-refractivity contribution < 1.29 is 9.50 Å². The number of hydrogen-bond acceptors (Lipinski definition) is 6. The predicted molar refractivity (Wildman–Crippen MR) is 120 cm³/mol. The number of halogens is 1. The molecule has 0 saturated carbocycles. The van der Waals surface area contributed by atoms with E-state index in [-0.39, 0.29) is 13.0 Å². The van der Waals surface area contributed by atoms with Crippen LogP contribution in [0.15, 0.2) is 55.2 Å². The third-order valence-electron chi connectivity index (χ3n) is 5.74. The van der Waals surface area contributed by atoms with E-state index in [0.29, 0.717) is 18.2 Å². The molecular weight excluding hydrogens is 409 g/mol. The van der Waals surface area contributed by atoms with E-state index in [1.54, 1.807) is 21.8 Å². The lowest BCUT2D eigenvalue weighted by atomic mass is 10.0. The fraction of sp³-hybridized carbons (Fsp3) is 0.304. The van der Waals surface area contributed by atoms with Crippen molar-refractivity contribution in [2.75, 3.05) is 18.0 Å². The Balaban J connectivity index is 1.57. The van der Waals surface area contributed by atoms with E-state index >= 15 is 0 Å². The molecule has 0 aliphatic carbocycles. The molecule has 4 heterocycles. The highest BCUT2D eigenvalue weighted by molar-refractivity contribution is 5.77. The van der Waals surface area contributed by atoms with E-state index in [2.05, 4.69) is 15.2 Å². The van der Waals surface area contributed by atoms with Crippen molar-refractivity contribution in [3.63, 3.8) is 0 Å². The molecule has 2 atom stereocenters. The summed E-state index contributed by atoms with van der Waals surface area (Å²) in [5.74, 6) is 1.23. The number of nitrogens with zero attached hydrogens (tertiary/aromatic N) is 7. The second kappa shape index (κ2) is 8.16. The summed E-state index contributed by atoms with van der Waals surface area (Å²) in [6.45, 7) is 0.651. The van der Waals surface area contributed by atoms with Gasteiger partial charge < -0.3 is 10.0 Å². The maximum absolute atomic E-state index is 13.9. The highest BCUT2D eigenvalue weighted by atomic mass is 19.1. The Morgan fingerprint density at radius 2 is 1.69 bits per heavy atom. The molecule has 1 fully saturated rings. The molecule has 164 valence electrons. The summed E-state index contributed by atoms with van der Waals surface area (Å²) in [6, 6.07) is 7.98. The van der Waals surface area contributed by atoms with Crippen molar-refractivity contribution >= 4 is 5.82 Å². The Labute approximate surface area is 185 Å². The fourth-order valence-corrected chi connectivity index (χ4v) is 4.02. The van der Waals surface area contributed by atoms with E-state index in [0.717, 1.165) is 27.8 Å². The van der Waals surface area contributed by atoms with Gasteiger partial charge in [0, 0.05) is 68.0 Å². The Kier molecular flexibility index (Phi) is 5.18. The minimum atomic E-state index is -1.22. The molecule has 32 heavy (non-hydrogen) atoms. The largest absolute Gasteiger partial charge is 0.388 e. The van der Waals surface area contributed by atoms with Crippen LogP contribution in [0.4, 0.5) is 10.2 Å². The lowest BCUT2D eigenvalue weighted by Gasteiger charge is -2.34. The van der Waals surface area contributed by atoms with Crippen molar-refractivity contribution in [1.82, 2.24) is 29.5 Å². The summed E-state index contributed by atoms with van der Waals surface area (Å²) in [6.07, 6.45) is 7.19. The van der Waals surface area contributed by atoms with Crippen LogP contribution >= 0.6 is 0 Å². The molecule has 0 amide bonds. The minimum Gasteiger partial charge on any atom is -0.388 e. The molecule has 1 aliphatic rings. The molecule has 5 rings (SSSR count). The third kappa shape index (κ3) is 3.87. The zero-order valence-corrected chi connectivity index (χ0v) is 17.9. The molecule has 0 unspecified atom stereocenters. The average molecular weight is 433 g/mol. The first-order valence-corrected chi connectivity index (χ1v) is 10.5. The van der Waals surface area contributed by atoms with Gasteiger partial charge in [-0.1, -0.05) is 18.2 Å². The molecule has 8 nitrogen and oxygen atoms in total. The maximum Gasteiger partial charge on any atom is 0.161 e. The first-order chi connectivity index (χ1) is 15.5. The number of benzene rings is 1. The highest BCUT2D eigenvalue weighted by Gasteiger charge is 2.30. The number of alkyl halides is 1. The van der Waals surface area contributed by atoms with Gasteiger partial charge in [0.15, 0.2) is 5.82 Å². The fourth-order valence-electron chi connectivity index (χ4n) is 4.02. The summed E-state index contributed by atoms with van der Waals surface area (Å²) < 4.78 is 17.4. The monoisotopic (exact) mass is 433 g/mol. The van der Waals surface area contributed by atoms with Gasteiger partial charge in [0.25, 0.3) is 0 Å². The molecule has 3 aromatic heterocycles. The van der Waals surface area contributed by atoms with E-state index < -0.39 is 12.3 Å². The molecule has 4 aromatic rings. The predicted octanol–water partition coefficient (Wildman–Crippen LogP) is 2.85. The number of anilines is 1. The van der Waals surface area contributed by atoms with Crippen LogP contribution in [0.2, 0.25) is 0 Å². The number of β-amino-alcohol motifs (C(OH)–C–C–N with tert-alkyl or cyclic N) is 1. The second-order valence-electron chi connectivity index (χ2n) is 8.14. The van der Waals surface area contributed by atoms with Gasteiger partial charge in [-0.05, 0) is 18.1 Å². The number of rotatable bonds is 4. The normalized spacial score (nSPS) is 18.8. The van der Waals surface area contributed by atoms with Crippen LogP contribution in [0.1, 0.15) is 6.42 Å². The number of aliphatic hydroxyl groups is 1. The van der Waals surface area contributed by atoms with Gasteiger partial charge in [0.1, 0.15) is 18.1 Å². The molecular formula is C23H24FN7O. The van der Waals surface area contributed by atoms with Crippen molar-refractivity contribution in [2.45, 2.75) is 18.7 Å². The summed E-state index contributed by atoms with van der Waals surface area (Å²) in [4.78, 5) is 11.4. The van der Waals surface area contributed by atoms with E-state index in [9.17, 15) is 9.50 Å². The Hall–Kier alpha value is -3.59. The number of piperidine rings is 1. The molecule has 1 N–H and O–H groups in total. The average Bonchev–Trinajstić information content (AvgIpc) is 3.43. The van der Waals surface area contributed by atoms with Gasteiger partial charge in [-0.15, -0.1) is 0 Å². The molecule has 0 bridgehead atoms. The van der Waals surface area contributed by atoms with Gasteiger partial charge in [0.05, 0.1) is 12.4 Å². The first kappa shape index (κ1) is 20.3. The summed E-state index contributed by atoms with van der Waals surface area (Å²) in [5.41, 5.74) is 4.57. The Bertz CT molecular complexity index is 1250. The lowest BCUT2D eigenvalue weighted by molar-refractivity contribution is 0.0643. The molecule has 1 aliphatic heterocycles. The van der Waals surface area contributed by atoms with E-state index in [1.165, 1.54) is 0 Å². The molecule has 1 aromatic carbocycles. The molecule has 9 heteroatoms. The van der Waals surface area contributed by atoms with Crippen LogP contribution in [0.5, 0.6) is 0 Å². The number of aliphatic hydroxyl groups excluding tert-OH is 1. The summed E-state index contributed by atoms with van der Waals surface area (Å²) in [7, 11) is 3.73. The zero-order valence-electron chi connectivity index (χ0n) is 17.9. The third-order valence-corrected chi connectivity index (χ3v) is 5.74. The van der Waals surface area contributed by atoms with Gasteiger partial charge in [0.2, 0.25) is 0 Å². The van der Waals surface area contributed by atoms with Crippen LogP contribution < -0.4 is 4.90 Å². The van der Waals surface area contributed by atoms with Gasteiger partial charge in [-0.3, -0.25) is 9.36 Å². The number of aryl methyl sites for hydroxylation is 2. The van der Waals surface area contributed by atoms with Crippen LogP contribution in [0.25, 0.3) is 33.6 Å². The van der Waals surface area contributed by atoms with Crippen molar-refractivity contribution in [3.8, 4) is 33.6 Å². The van der Waals surface area contributed by atoms with Gasteiger partial charge in [-0.25, -0.2) is 14.4 Å². The first-order valence-electron chi connectivity index (χ1n) is 10.5. The van der Waals surface area contributed by atoms with Crippen LogP contribution in [-0.4, -0.2) is 60.0 Å². The van der Waals surface area contributed by atoms with Crippen LogP contribution in [-0.2, 0) is 14.1 Å². The van der Waals surface area contributed by atoms with Crippen molar-refractivity contribution in [3.05, 3.63) is 55.2 Å². The Morgan fingerprint density at radius 3 is 2.38 bits per heavy atom. The second-order valence-corrected chi connectivity index (χ2v) is 8.14. The summed E-state index contributed by atoms with van der Waals surface area (Å²) in [5, 5.41) is 18.6. The smallest absolute Gasteiger partial charge is 0.161 e. The highest BCUT2D eigenvalue weighted by Crippen LogP contribution is 2.33. The standard InChI is InChI=1S/C23H24FN7O/c1-29-12-17(9-26-29)15-4-3-5-16(8-15)22-25-11-19(18-10-27-30(2)13-18)23(28-22)31-7-6-20(24)21(32)14-31/h3-5,8-13,20-21,32H,6-7,14H2,1-2H3/t20-,21-/m0/s1. The SMILES string of the molecule is Cn1cc(-c2cccc(-c3ncc(-c4cnn(C)c4)c(N4CC[C@H](F)[C@@H](O)C4)n3)c2)cn1. The number of aromatic nitrogens is 6. The number of hydrogen-bond donors (Lipinski definition) is 1. The van der Waals surface area contributed by atoms with Crippen LogP contribution in [0.3, 0.4) is 0 Å². The van der Waals surface area contributed by atoms with Crippen molar-refractivity contribution in [1.29, 1.82) is 0 Å². The maximum atomic E-state index is 13.9. The van der Waals surface area contributed by atoms with Gasteiger partial charge >= 0.3 is 0 Å². The topological polar surface area (TPSA) is 84.9 Å². The minimum absolute atomic E-state index is 0.181. The quantitative estimate of drug-likeness (QED) is 0.533. The van der Waals surface area contributed by atoms with E-state index in [4.69, 9.17) is 4.98 Å². The Morgan fingerprint density at radius 1 is 0.969 bits per heavy atom. The van der Waals surface area contributed by atoms with Crippen LogP contribution in [0, 0.1) is 0 Å². The molecule has 0 radical (unpaired) electrons. The van der Waals surface area contributed by atoms with Crippen molar-refractivity contribution in [2.24, 2.45) is 14.1 Å². The lowest BCUT2D eigenvalue weighted by Crippen LogP contribution is -2.45. The zero-order chi connectivity index (χ0) is 22.2. The van der Waals surface area contributed by atoms with Gasteiger partial charge in [-0.2, -0.15) is 10.2 Å². The summed E-state index contributed by atoms with van der Waals surface area (Å²) >= 11 is 0.